The number of halogens is 1. The Balaban J connectivity index is 1.79. The van der Waals surface area contributed by atoms with Gasteiger partial charge in [0.25, 0.3) is 5.91 Å². The molecule has 0 aromatic heterocycles. The number of carboxylic acid groups (broad SMARTS) is 1. The lowest BCUT2D eigenvalue weighted by molar-refractivity contribution is -0.144. The summed E-state index contributed by atoms with van der Waals surface area (Å²) in [6.07, 6.45) is 2.86. The van der Waals surface area contributed by atoms with Crippen molar-refractivity contribution in [2.75, 3.05) is 5.73 Å². The number of carbonyl (C=O) groups is 2. The number of fused-ring (bicyclic) bond motifs is 2. The van der Waals surface area contributed by atoms with Crippen LogP contribution < -0.4 is 11.1 Å². The molecule has 0 saturated heterocycles. The molecule has 1 aromatic rings. The van der Waals surface area contributed by atoms with E-state index in [9.17, 15) is 14.7 Å². The van der Waals surface area contributed by atoms with Crippen LogP contribution in [-0.4, -0.2) is 23.0 Å². The number of carboxylic acids is 1. The summed E-state index contributed by atoms with van der Waals surface area (Å²) in [5.74, 6) is -1.04. The molecule has 2 bridgehead atoms. The van der Waals surface area contributed by atoms with Gasteiger partial charge in [0.05, 0.1) is 5.92 Å². The van der Waals surface area contributed by atoms with Crippen molar-refractivity contribution >= 4 is 33.5 Å². The van der Waals surface area contributed by atoms with Crippen LogP contribution in [0.15, 0.2) is 22.7 Å². The van der Waals surface area contributed by atoms with Crippen LogP contribution in [0.1, 0.15) is 29.6 Å². The Morgan fingerprint density at radius 3 is 2.62 bits per heavy atom. The lowest BCUT2D eigenvalue weighted by Gasteiger charge is -2.28. The summed E-state index contributed by atoms with van der Waals surface area (Å²) < 4.78 is 0.732. The molecule has 1 amide bonds. The molecule has 2 aliphatic carbocycles. The smallest absolute Gasteiger partial charge is 0.308 e. The number of nitrogens with two attached hydrogens (primary N) is 1. The maximum Gasteiger partial charge on any atom is 0.308 e. The number of benzene rings is 1. The summed E-state index contributed by atoms with van der Waals surface area (Å²) in [4.78, 5) is 23.8. The average molecular weight is 353 g/mol. The first-order valence-corrected chi connectivity index (χ1v) is 7.84. The molecule has 2 aliphatic rings. The number of nitrogen functional groups attached to an aromatic ring is 1. The molecule has 3 rings (SSSR count). The Morgan fingerprint density at radius 2 is 1.95 bits per heavy atom. The largest absolute Gasteiger partial charge is 0.481 e. The second-order valence-electron chi connectivity index (χ2n) is 5.97. The molecular formula is C15H17BrN2O3. The van der Waals surface area contributed by atoms with Gasteiger partial charge >= 0.3 is 5.97 Å². The van der Waals surface area contributed by atoms with Crippen molar-refractivity contribution in [2.45, 2.75) is 25.3 Å². The highest BCUT2D eigenvalue weighted by molar-refractivity contribution is 9.10. The van der Waals surface area contributed by atoms with Gasteiger partial charge in [-0.3, -0.25) is 9.59 Å². The number of rotatable bonds is 3. The Kier molecular flexibility index (Phi) is 3.65. The molecule has 0 radical (unpaired) electrons. The van der Waals surface area contributed by atoms with E-state index in [0.29, 0.717) is 11.3 Å². The molecule has 0 spiro atoms. The van der Waals surface area contributed by atoms with Gasteiger partial charge < -0.3 is 16.2 Å². The van der Waals surface area contributed by atoms with Crippen molar-refractivity contribution in [2.24, 2.45) is 17.8 Å². The second-order valence-corrected chi connectivity index (χ2v) is 6.89. The van der Waals surface area contributed by atoms with E-state index in [4.69, 9.17) is 5.73 Å². The molecule has 0 heterocycles. The third kappa shape index (κ3) is 2.64. The zero-order chi connectivity index (χ0) is 15.1. The Hall–Kier alpha value is -1.56. The number of aliphatic carboxylic acids is 1. The molecule has 5 nitrogen and oxygen atoms in total. The van der Waals surface area contributed by atoms with Crippen LogP contribution in [0.2, 0.25) is 0 Å². The van der Waals surface area contributed by atoms with Crippen molar-refractivity contribution in [1.82, 2.24) is 5.32 Å². The Labute approximate surface area is 131 Å². The number of hydrogen-bond acceptors (Lipinski definition) is 3. The molecule has 6 heteroatoms. The Bertz CT molecular complexity index is 584. The van der Waals surface area contributed by atoms with Crippen LogP contribution in [0.25, 0.3) is 0 Å². The highest BCUT2D eigenvalue weighted by atomic mass is 79.9. The van der Waals surface area contributed by atoms with Gasteiger partial charge in [0.15, 0.2) is 0 Å². The summed E-state index contributed by atoms with van der Waals surface area (Å²) >= 11 is 3.31. The number of hydrogen-bond donors (Lipinski definition) is 3. The first-order valence-electron chi connectivity index (χ1n) is 7.05. The predicted molar refractivity (Wildman–Crippen MR) is 81.8 cm³/mol. The van der Waals surface area contributed by atoms with Crippen molar-refractivity contribution < 1.29 is 14.7 Å². The van der Waals surface area contributed by atoms with Gasteiger partial charge in [-0.15, -0.1) is 0 Å². The zero-order valence-electron chi connectivity index (χ0n) is 11.4. The van der Waals surface area contributed by atoms with E-state index in [1.807, 2.05) is 0 Å². The maximum atomic E-state index is 12.4. The van der Waals surface area contributed by atoms with Gasteiger partial charge in [0, 0.05) is 21.8 Å². The van der Waals surface area contributed by atoms with Crippen molar-refractivity contribution in [3.8, 4) is 0 Å². The van der Waals surface area contributed by atoms with Gasteiger partial charge in [0.1, 0.15) is 0 Å². The molecule has 4 unspecified atom stereocenters. The molecule has 4 N–H and O–H groups in total. The maximum absolute atomic E-state index is 12.4. The highest BCUT2D eigenvalue weighted by Gasteiger charge is 2.51. The Morgan fingerprint density at radius 1 is 1.24 bits per heavy atom. The minimum Gasteiger partial charge on any atom is -0.481 e. The fourth-order valence-corrected chi connectivity index (χ4v) is 4.34. The fourth-order valence-electron chi connectivity index (χ4n) is 3.83. The minimum atomic E-state index is -0.804. The standard InChI is InChI=1S/C15H17BrN2O3/c16-10-4-9(5-11(17)6-10)14(19)18-13-8-2-1-7(3-8)12(13)15(20)21/h4-8,12-13H,1-3,17H2,(H,18,19)(H,20,21). The monoisotopic (exact) mass is 352 g/mol. The van der Waals surface area contributed by atoms with E-state index >= 15 is 0 Å². The van der Waals surface area contributed by atoms with Gasteiger partial charge in [-0.2, -0.15) is 0 Å². The van der Waals surface area contributed by atoms with Crippen molar-refractivity contribution in [1.29, 1.82) is 0 Å². The number of anilines is 1. The molecule has 2 fully saturated rings. The average Bonchev–Trinajstić information content (AvgIpc) is 2.97. The molecule has 112 valence electrons. The minimum absolute atomic E-state index is 0.199. The summed E-state index contributed by atoms with van der Waals surface area (Å²) in [7, 11) is 0. The first-order chi connectivity index (χ1) is 9.95. The first kappa shape index (κ1) is 14.4. The summed E-state index contributed by atoms with van der Waals surface area (Å²) in [5, 5.41) is 12.3. The third-order valence-electron chi connectivity index (χ3n) is 4.68. The summed E-state index contributed by atoms with van der Waals surface area (Å²) in [6.45, 7) is 0. The summed E-state index contributed by atoms with van der Waals surface area (Å²) in [5.41, 5.74) is 6.69. The lowest BCUT2D eigenvalue weighted by Crippen LogP contribution is -2.46. The van der Waals surface area contributed by atoms with Crippen LogP contribution in [-0.2, 0) is 4.79 Å². The van der Waals surface area contributed by atoms with Gasteiger partial charge in [-0.05, 0) is 49.3 Å². The molecule has 21 heavy (non-hydrogen) atoms. The SMILES string of the molecule is Nc1cc(Br)cc(C(=O)NC2C3CCC(C3)C2C(=O)O)c1. The number of nitrogens with one attached hydrogen (secondary N) is 1. The summed E-state index contributed by atoms with van der Waals surface area (Å²) in [6, 6.07) is 4.74. The fraction of sp³-hybridized carbons (Fsp3) is 0.467. The van der Waals surface area contributed by atoms with Crippen LogP contribution in [0.4, 0.5) is 5.69 Å². The molecule has 4 atom stereocenters. The van der Waals surface area contributed by atoms with Crippen LogP contribution in [0.3, 0.4) is 0 Å². The van der Waals surface area contributed by atoms with Crippen molar-refractivity contribution in [3.05, 3.63) is 28.2 Å². The quantitative estimate of drug-likeness (QED) is 0.727. The van der Waals surface area contributed by atoms with E-state index in [2.05, 4.69) is 21.2 Å². The predicted octanol–water partition coefficient (Wildman–Crippen LogP) is 2.26. The van der Waals surface area contributed by atoms with Gasteiger partial charge in [-0.25, -0.2) is 0 Å². The number of carbonyl (C=O) groups excluding carboxylic acids is 1. The highest BCUT2D eigenvalue weighted by Crippen LogP contribution is 2.48. The molecule has 1 aromatic carbocycles. The topological polar surface area (TPSA) is 92.4 Å². The van der Waals surface area contributed by atoms with Gasteiger partial charge in [-0.1, -0.05) is 15.9 Å². The van der Waals surface area contributed by atoms with E-state index in [-0.39, 0.29) is 23.8 Å². The second kappa shape index (κ2) is 5.33. The zero-order valence-corrected chi connectivity index (χ0v) is 13.0. The molecular weight excluding hydrogens is 336 g/mol. The van der Waals surface area contributed by atoms with Crippen LogP contribution in [0, 0.1) is 17.8 Å². The van der Waals surface area contributed by atoms with Crippen LogP contribution >= 0.6 is 15.9 Å². The normalized spacial score (nSPS) is 30.3. The van der Waals surface area contributed by atoms with Crippen molar-refractivity contribution in [3.63, 3.8) is 0 Å². The number of amides is 1. The van der Waals surface area contributed by atoms with E-state index in [1.54, 1.807) is 18.2 Å². The third-order valence-corrected chi connectivity index (χ3v) is 5.14. The molecule has 2 saturated carbocycles. The lowest BCUT2D eigenvalue weighted by atomic mass is 9.84. The van der Waals surface area contributed by atoms with E-state index in [0.717, 1.165) is 23.7 Å². The van der Waals surface area contributed by atoms with Gasteiger partial charge in [0.2, 0.25) is 0 Å². The van der Waals surface area contributed by atoms with E-state index in [1.165, 1.54) is 0 Å². The van der Waals surface area contributed by atoms with E-state index < -0.39 is 11.9 Å². The molecule has 0 aliphatic heterocycles. The van der Waals surface area contributed by atoms with Crippen LogP contribution in [0.5, 0.6) is 0 Å².